The highest BCUT2D eigenvalue weighted by atomic mass is 16.1. The molecule has 0 bridgehead atoms. The second-order valence-corrected chi connectivity index (χ2v) is 5.72. The van der Waals surface area contributed by atoms with Crippen molar-refractivity contribution in [1.29, 1.82) is 0 Å². The first-order chi connectivity index (χ1) is 12.3. The van der Waals surface area contributed by atoms with E-state index in [1.807, 2.05) is 54.6 Å². The summed E-state index contributed by atoms with van der Waals surface area (Å²) >= 11 is 0. The third-order valence-electron chi connectivity index (χ3n) is 4.11. The normalized spacial score (nSPS) is 10.7. The Morgan fingerprint density at radius 3 is 2.72 bits per heavy atom. The lowest BCUT2D eigenvalue weighted by Gasteiger charge is -2.08. The molecule has 1 amide bonds. The van der Waals surface area contributed by atoms with Crippen molar-refractivity contribution in [2.75, 3.05) is 0 Å². The number of hydrogen-bond acceptors (Lipinski definition) is 3. The molecule has 5 heteroatoms. The third kappa shape index (κ3) is 3.12. The summed E-state index contributed by atoms with van der Waals surface area (Å²) < 4.78 is 0. The number of pyridine rings is 1. The van der Waals surface area contributed by atoms with Crippen molar-refractivity contribution in [3.05, 3.63) is 84.4 Å². The molecule has 2 aromatic carbocycles. The summed E-state index contributed by atoms with van der Waals surface area (Å²) in [5.41, 5.74) is 4.53. The fraction of sp³-hybridized carbons (Fsp3) is 0.0500. The number of rotatable bonds is 4. The van der Waals surface area contributed by atoms with E-state index in [-0.39, 0.29) is 5.91 Å². The Labute approximate surface area is 144 Å². The molecule has 5 nitrogen and oxygen atoms in total. The molecule has 0 radical (unpaired) electrons. The Bertz CT molecular complexity index is 1000. The average Bonchev–Trinajstić information content (AvgIpc) is 3.21. The number of H-pyrrole nitrogens is 1. The molecule has 122 valence electrons. The molecule has 2 heterocycles. The zero-order valence-electron chi connectivity index (χ0n) is 13.4. The van der Waals surface area contributed by atoms with Crippen molar-refractivity contribution in [1.82, 2.24) is 20.3 Å². The summed E-state index contributed by atoms with van der Waals surface area (Å²) in [6.07, 6.45) is 5.17. The van der Waals surface area contributed by atoms with Gasteiger partial charge in [0.25, 0.3) is 5.91 Å². The fourth-order valence-electron chi connectivity index (χ4n) is 2.79. The number of carbonyl (C=O) groups is 1. The van der Waals surface area contributed by atoms with E-state index in [9.17, 15) is 4.79 Å². The van der Waals surface area contributed by atoms with Crippen LogP contribution in [-0.2, 0) is 6.54 Å². The van der Waals surface area contributed by atoms with Gasteiger partial charge >= 0.3 is 0 Å². The quantitative estimate of drug-likeness (QED) is 0.602. The first kappa shape index (κ1) is 15.1. The maximum atomic E-state index is 12.5. The van der Waals surface area contributed by atoms with Gasteiger partial charge in [0.1, 0.15) is 0 Å². The highest BCUT2D eigenvalue weighted by Gasteiger charge is 2.10. The van der Waals surface area contributed by atoms with E-state index in [1.54, 1.807) is 18.7 Å². The van der Waals surface area contributed by atoms with Crippen LogP contribution in [0.25, 0.3) is 22.2 Å². The number of nitrogens with zero attached hydrogens (tertiary/aromatic N) is 2. The number of amides is 1. The Balaban J connectivity index is 1.48. The maximum absolute atomic E-state index is 12.5. The van der Waals surface area contributed by atoms with E-state index in [2.05, 4.69) is 20.3 Å². The number of aromatic amines is 1. The first-order valence-corrected chi connectivity index (χ1v) is 8.01. The average molecular weight is 328 g/mol. The first-order valence-electron chi connectivity index (χ1n) is 8.01. The van der Waals surface area contributed by atoms with Gasteiger partial charge in [-0.3, -0.25) is 9.78 Å². The molecule has 2 aromatic heterocycles. The van der Waals surface area contributed by atoms with E-state index in [4.69, 9.17) is 0 Å². The fourth-order valence-corrected chi connectivity index (χ4v) is 2.79. The Kier molecular flexibility index (Phi) is 3.96. The van der Waals surface area contributed by atoms with Gasteiger partial charge < -0.3 is 10.3 Å². The standard InChI is InChI=1S/C20H16N4O/c25-20(17-3-1-5-18-16(17)4-2-10-22-18)23-11-14-6-8-15(9-7-14)19-12-21-13-24-19/h1-10,12-13H,11H2,(H,21,24)(H,23,25). The second kappa shape index (κ2) is 6.57. The van der Waals surface area contributed by atoms with Gasteiger partial charge in [-0.2, -0.15) is 0 Å². The molecular formula is C20H16N4O. The number of aromatic nitrogens is 3. The van der Waals surface area contributed by atoms with Gasteiger partial charge in [-0.05, 0) is 29.3 Å². The van der Waals surface area contributed by atoms with Crippen molar-refractivity contribution in [3.8, 4) is 11.3 Å². The van der Waals surface area contributed by atoms with Crippen LogP contribution < -0.4 is 5.32 Å². The van der Waals surface area contributed by atoms with E-state index >= 15 is 0 Å². The zero-order chi connectivity index (χ0) is 17.1. The van der Waals surface area contributed by atoms with Crippen LogP contribution in [0.3, 0.4) is 0 Å². The van der Waals surface area contributed by atoms with Gasteiger partial charge in [0.15, 0.2) is 0 Å². The van der Waals surface area contributed by atoms with Crippen LogP contribution in [0.5, 0.6) is 0 Å². The number of nitrogens with one attached hydrogen (secondary N) is 2. The van der Waals surface area contributed by atoms with Gasteiger partial charge in [0.2, 0.25) is 0 Å². The van der Waals surface area contributed by atoms with Crippen molar-refractivity contribution in [2.24, 2.45) is 0 Å². The minimum Gasteiger partial charge on any atom is -0.348 e. The number of fused-ring (bicyclic) bond motifs is 1. The Morgan fingerprint density at radius 1 is 1.04 bits per heavy atom. The van der Waals surface area contributed by atoms with E-state index < -0.39 is 0 Å². The number of imidazole rings is 1. The molecule has 0 saturated heterocycles. The molecule has 0 fully saturated rings. The molecule has 0 atom stereocenters. The Morgan fingerprint density at radius 2 is 1.92 bits per heavy atom. The van der Waals surface area contributed by atoms with Gasteiger partial charge in [-0.1, -0.05) is 36.4 Å². The van der Waals surface area contributed by atoms with Crippen LogP contribution in [0.1, 0.15) is 15.9 Å². The molecule has 0 saturated carbocycles. The van der Waals surface area contributed by atoms with Gasteiger partial charge in [0, 0.05) is 23.7 Å². The monoisotopic (exact) mass is 328 g/mol. The molecular weight excluding hydrogens is 312 g/mol. The molecule has 0 aliphatic heterocycles. The minimum atomic E-state index is -0.101. The SMILES string of the molecule is O=C(NCc1ccc(-c2cnc[nH]2)cc1)c1cccc2ncccc12. The smallest absolute Gasteiger partial charge is 0.252 e. The summed E-state index contributed by atoms with van der Waals surface area (Å²) in [6, 6.07) is 17.4. The lowest BCUT2D eigenvalue weighted by Crippen LogP contribution is -2.23. The molecule has 0 spiro atoms. The molecule has 25 heavy (non-hydrogen) atoms. The van der Waals surface area contributed by atoms with E-state index in [1.165, 1.54) is 0 Å². The van der Waals surface area contributed by atoms with Crippen molar-refractivity contribution in [2.45, 2.75) is 6.54 Å². The van der Waals surface area contributed by atoms with Gasteiger partial charge in [-0.25, -0.2) is 4.98 Å². The van der Waals surface area contributed by atoms with E-state index in [0.29, 0.717) is 12.1 Å². The topological polar surface area (TPSA) is 70.7 Å². The summed E-state index contributed by atoms with van der Waals surface area (Å²) in [4.78, 5) is 23.9. The van der Waals surface area contributed by atoms with Crippen LogP contribution in [0.2, 0.25) is 0 Å². The molecule has 0 aliphatic rings. The molecule has 0 unspecified atom stereocenters. The van der Waals surface area contributed by atoms with Crippen molar-refractivity contribution < 1.29 is 4.79 Å². The molecule has 4 aromatic rings. The summed E-state index contributed by atoms with van der Waals surface area (Å²) in [5.74, 6) is -0.101. The summed E-state index contributed by atoms with van der Waals surface area (Å²) in [6.45, 7) is 0.471. The summed E-state index contributed by atoms with van der Waals surface area (Å²) in [5, 5.41) is 3.83. The predicted molar refractivity (Wildman–Crippen MR) is 96.9 cm³/mol. The highest BCUT2D eigenvalue weighted by molar-refractivity contribution is 6.06. The number of carbonyl (C=O) groups excluding carboxylic acids is 1. The zero-order valence-corrected chi connectivity index (χ0v) is 13.4. The predicted octanol–water partition coefficient (Wildman–Crippen LogP) is 3.55. The van der Waals surface area contributed by atoms with Gasteiger partial charge in [-0.15, -0.1) is 0 Å². The van der Waals surface area contributed by atoms with Crippen LogP contribution in [-0.4, -0.2) is 20.9 Å². The minimum absolute atomic E-state index is 0.101. The maximum Gasteiger partial charge on any atom is 0.252 e. The summed E-state index contributed by atoms with van der Waals surface area (Å²) in [7, 11) is 0. The van der Waals surface area contributed by atoms with Crippen LogP contribution in [0, 0.1) is 0 Å². The van der Waals surface area contributed by atoms with Gasteiger partial charge in [0.05, 0.1) is 23.7 Å². The van der Waals surface area contributed by atoms with E-state index in [0.717, 1.165) is 27.7 Å². The largest absolute Gasteiger partial charge is 0.348 e. The number of benzene rings is 2. The van der Waals surface area contributed by atoms with Crippen LogP contribution >= 0.6 is 0 Å². The molecule has 2 N–H and O–H groups in total. The second-order valence-electron chi connectivity index (χ2n) is 5.72. The highest BCUT2D eigenvalue weighted by Crippen LogP contribution is 2.18. The van der Waals surface area contributed by atoms with Crippen LogP contribution in [0.15, 0.2) is 73.3 Å². The lowest BCUT2D eigenvalue weighted by atomic mass is 10.1. The van der Waals surface area contributed by atoms with Crippen molar-refractivity contribution in [3.63, 3.8) is 0 Å². The number of hydrogen-bond donors (Lipinski definition) is 2. The van der Waals surface area contributed by atoms with Crippen LogP contribution in [0.4, 0.5) is 0 Å². The lowest BCUT2D eigenvalue weighted by molar-refractivity contribution is 0.0952. The third-order valence-corrected chi connectivity index (χ3v) is 4.11. The molecule has 0 aliphatic carbocycles. The molecule has 4 rings (SSSR count). The van der Waals surface area contributed by atoms with Crippen molar-refractivity contribution >= 4 is 16.8 Å². The Hall–Kier alpha value is -3.47.